The SMILES string of the molecule is CCC(C)CCC(CN)CCC(C)CC. The van der Waals surface area contributed by atoms with Crippen LogP contribution in [0.4, 0.5) is 0 Å². The molecule has 0 radical (unpaired) electrons. The van der Waals surface area contributed by atoms with Gasteiger partial charge in [-0.3, -0.25) is 0 Å². The Morgan fingerprint density at radius 3 is 1.47 bits per heavy atom. The molecular formula is C14H31N. The first-order chi connectivity index (χ1) is 7.13. The first kappa shape index (κ1) is 15.0. The van der Waals surface area contributed by atoms with Crippen LogP contribution in [-0.4, -0.2) is 6.54 Å². The van der Waals surface area contributed by atoms with Gasteiger partial charge in [-0.05, 0) is 37.1 Å². The zero-order valence-electron chi connectivity index (χ0n) is 11.3. The summed E-state index contributed by atoms with van der Waals surface area (Å²) in [6, 6.07) is 0. The van der Waals surface area contributed by atoms with Crippen molar-refractivity contribution in [1.82, 2.24) is 0 Å². The molecule has 0 bridgehead atoms. The van der Waals surface area contributed by atoms with Gasteiger partial charge in [0.2, 0.25) is 0 Å². The highest BCUT2D eigenvalue weighted by Gasteiger charge is 2.10. The summed E-state index contributed by atoms with van der Waals surface area (Å²) in [5.74, 6) is 2.53. The van der Waals surface area contributed by atoms with Crippen molar-refractivity contribution < 1.29 is 0 Å². The third-order valence-electron chi connectivity index (χ3n) is 3.86. The third-order valence-corrected chi connectivity index (χ3v) is 3.86. The lowest BCUT2D eigenvalue weighted by atomic mass is 9.89. The van der Waals surface area contributed by atoms with Crippen LogP contribution in [0.5, 0.6) is 0 Å². The van der Waals surface area contributed by atoms with Crippen LogP contribution in [0, 0.1) is 17.8 Å². The fourth-order valence-electron chi connectivity index (χ4n) is 1.83. The van der Waals surface area contributed by atoms with E-state index in [4.69, 9.17) is 5.73 Å². The predicted octanol–water partition coefficient (Wildman–Crippen LogP) is 4.21. The Morgan fingerprint density at radius 2 is 1.20 bits per heavy atom. The monoisotopic (exact) mass is 213 g/mol. The Kier molecular flexibility index (Phi) is 9.18. The lowest BCUT2D eigenvalue weighted by Gasteiger charge is -2.18. The quantitative estimate of drug-likeness (QED) is 0.610. The summed E-state index contributed by atoms with van der Waals surface area (Å²) >= 11 is 0. The predicted molar refractivity (Wildman–Crippen MR) is 69.9 cm³/mol. The van der Waals surface area contributed by atoms with Gasteiger partial charge >= 0.3 is 0 Å². The Bertz CT molecular complexity index is 119. The van der Waals surface area contributed by atoms with Crippen LogP contribution >= 0.6 is 0 Å². The molecule has 1 nitrogen and oxygen atoms in total. The summed E-state index contributed by atoms with van der Waals surface area (Å²) in [6.45, 7) is 10.1. The maximum Gasteiger partial charge on any atom is -0.00489 e. The van der Waals surface area contributed by atoms with E-state index in [9.17, 15) is 0 Å². The Balaban J connectivity index is 3.63. The van der Waals surface area contributed by atoms with Crippen LogP contribution < -0.4 is 5.73 Å². The molecule has 0 aromatic rings. The van der Waals surface area contributed by atoms with E-state index < -0.39 is 0 Å². The van der Waals surface area contributed by atoms with Crippen molar-refractivity contribution in [2.45, 2.75) is 66.2 Å². The van der Waals surface area contributed by atoms with Gasteiger partial charge in [-0.1, -0.05) is 53.4 Å². The summed E-state index contributed by atoms with van der Waals surface area (Å²) in [5.41, 5.74) is 5.83. The summed E-state index contributed by atoms with van der Waals surface area (Å²) < 4.78 is 0. The number of hydrogen-bond acceptors (Lipinski definition) is 1. The van der Waals surface area contributed by atoms with Crippen LogP contribution in [0.3, 0.4) is 0 Å². The normalized spacial score (nSPS) is 17.4. The first-order valence-electron chi connectivity index (χ1n) is 6.83. The van der Waals surface area contributed by atoms with Crippen molar-refractivity contribution in [3.05, 3.63) is 0 Å². The van der Waals surface area contributed by atoms with Crippen molar-refractivity contribution in [1.29, 1.82) is 0 Å². The molecule has 0 aliphatic heterocycles. The van der Waals surface area contributed by atoms with Gasteiger partial charge in [0.15, 0.2) is 0 Å². The van der Waals surface area contributed by atoms with E-state index in [0.29, 0.717) is 0 Å². The summed E-state index contributed by atoms with van der Waals surface area (Å²) in [4.78, 5) is 0. The minimum atomic E-state index is 0.771. The van der Waals surface area contributed by atoms with Crippen LogP contribution in [0.15, 0.2) is 0 Å². The largest absolute Gasteiger partial charge is 0.330 e. The maximum atomic E-state index is 5.83. The minimum Gasteiger partial charge on any atom is -0.330 e. The Morgan fingerprint density at radius 1 is 0.800 bits per heavy atom. The lowest BCUT2D eigenvalue weighted by Crippen LogP contribution is -2.16. The highest BCUT2D eigenvalue weighted by atomic mass is 14.5. The molecule has 92 valence electrons. The molecule has 2 unspecified atom stereocenters. The molecule has 0 fully saturated rings. The van der Waals surface area contributed by atoms with Crippen LogP contribution in [0.1, 0.15) is 66.2 Å². The van der Waals surface area contributed by atoms with E-state index in [1.165, 1.54) is 38.5 Å². The minimum absolute atomic E-state index is 0.771. The zero-order chi connectivity index (χ0) is 11.7. The van der Waals surface area contributed by atoms with E-state index in [2.05, 4.69) is 27.7 Å². The Labute approximate surface area is 96.8 Å². The van der Waals surface area contributed by atoms with E-state index in [-0.39, 0.29) is 0 Å². The van der Waals surface area contributed by atoms with Gasteiger partial charge < -0.3 is 5.73 Å². The smallest absolute Gasteiger partial charge is 0.00489 e. The first-order valence-corrected chi connectivity index (χ1v) is 6.83. The van der Waals surface area contributed by atoms with Gasteiger partial charge in [0.1, 0.15) is 0 Å². The van der Waals surface area contributed by atoms with Crippen LogP contribution in [0.2, 0.25) is 0 Å². The van der Waals surface area contributed by atoms with E-state index in [1.807, 2.05) is 0 Å². The average molecular weight is 213 g/mol. The molecule has 2 N–H and O–H groups in total. The van der Waals surface area contributed by atoms with Gasteiger partial charge in [-0.15, -0.1) is 0 Å². The molecule has 0 aromatic heterocycles. The van der Waals surface area contributed by atoms with Crippen LogP contribution in [0.25, 0.3) is 0 Å². The molecule has 0 heterocycles. The topological polar surface area (TPSA) is 26.0 Å². The highest BCUT2D eigenvalue weighted by molar-refractivity contribution is 4.64. The zero-order valence-corrected chi connectivity index (χ0v) is 11.3. The molecule has 0 spiro atoms. The molecule has 1 heteroatoms. The number of rotatable bonds is 9. The van der Waals surface area contributed by atoms with E-state index >= 15 is 0 Å². The molecular weight excluding hydrogens is 182 g/mol. The van der Waals surface area contributed by atoms with Gasteiger partial charge in [0, 0.05) is 0 Å². The van der Waals surface area contributed by atoms with Crippen molar-refractivity contribution in [3.63, 3.8) is 0 Å². The second-order valence-electron chi connectivity index (χ2n) is 5.28. The summed E-state index contributed by atoms with van der Waals surface area (Å²) in [7, 11) is 0. The molecule has 0 saturated heterocycles. The molecule has 0 amide bonds. The van der Waals surface area contributed by atoms with Gasteiger partial charge in [-0.2, -0.15) is 0 Å². The number of hydrogen-bond donors (Lipinski definition) is 1. The van der Waals surface area contributed by atoms with Gasteiger partial charge in [0.05, 0.1) is 0 Å². The van der Waals surface area contributed by atoms with Crippen LogP contribution in [-0.2, 0) is 0 Å². The Hall–Kier alpha value is -0.0400. The maximum absolute atomic E-state index is 5.83. The van der Waals surface area contributed by atoms with E-state index in [0.717, 1.165) is 24.3 Å². The van der Waals surface area contributed by atoms with Gasteiger partial charge in [0.25, 0.3) is 0 Å². The molecule has 0 aliphatic rings. The van der Waals surface area contributed by atoms with Crippen molar-refractivity contribution >= 4 is 0 Å². The second kappa shape index (κ2) is 9.21. The standard InChI is InChI=1S/C14H31N/c1-5-12(3)7-9-14(11-15)10-8-13(4)6-2/h12-14H,5-11,15H2,1-4H3. The second-order valence-corrected chi connectivity index (χ2v) is 5.28. The van der Waals surface area contributed by atoms with E-state index in [1.54, 1.807) is 0 Å². The van der Waals surface area contributed by atoms with Crippen molar-refractivity contribution in [2.75, 3.05) is 6.54 Å². The number of nitrogens with two attached hydrogens (primary N) is 1. The third kappa shape index (κ3) is 7.84. The molecule has 2 atom stereocenters. The molecule has 0 rings (SSSR count). The molecule has 15 heavy (non-hydrogen) atoms. The molecule has 0 saturated carbocycles. The molecule has 0 aliphatic carbocycles. The average Bonchev–Trinajstić information content (AvgIpc) is 2.28. The van der Waals surface area contributed by atoms with Crippen molar-refractivity contribution in [2.24, 2.45) is 23.5 Å². The van der Waals surface area contributed by atoms with Gasteiger partial charge in [-0.25, -0.2) is 0 Å². The summed E-state index contributed by atoms with van der Waals surface area (Å²) in [6.07, 6.45) is 8.01. The highest BCUT2D eigenvalue weighted by Crippen LogP contribution is 2.21. The summed E-state index contributed by atoms with van der Waals surface area (Å²) in [5, 5.41) is 0. The fraction of sp³-hybridized carbons (Fsp3) is 1.00. The fourth-order valence-corrected chi connectivity index (χ4v) is 1.83. The molecule has 0 aromatic carbocycles. The van der Waals surface area contributed by atoms with Crippen molar-refractivity contribution in [3.8, 4) is 0 Å². The lowest BCUT2D eigenvalue weighted by molar-refractivity contribution is 0.355.